The standard InChI is InChI=1S/C23H26N4O3S/c1-15-7-5-6-10-17(15)12-19(21(29)25-13-18-14-26-23(24)31-18)27-22(30)20(28)11-16-8-3-2-4-9-16/h2-10,14,19-20,28H,11-13H2,1H3,(H2,24,26)(H,25,29)(H,27,30)/t19-,20+/m0/s1. The lowest BCUT2D eigenvalue weighted by Crippen LogP contribution is -2.51. The van der Waals surface area contributed by atoms with E-state index >= 15 is 0 Å². The molecular formula is C23H26N4O3S. The van der Waals surface area contributed by atoms with E-state index in [4.69, 9.17) is 5.73 Å². The Morgan fingerprint density at radius 1 is 1.06 bits per heavy atom. The van der Waals surface area contributed by atoms with E-state index in [-0.39, 0.29) is 18.9 Å². The van der Waals surface area contributed by atoms with Crippen LogP contribution in [0.1, 0.15) is 21.6 Å². The van der Waals surface area contributed by atoms with Gasteiger partial charge in [-0.2, -0.15) is 0 Å². The number of aromatic nitrogens is 1. The Morgan fingerprint density at radius 3 is 2.45 bits per heavy atom. The molecule has 0 fully saturated rings. The van der Waals surface area contributed by atoms with Gasteiger partial charge in [0.05, 0.1) is 6.54 Å². The fraction of sp³-hybridized carbons (Fsp3) is 0.261. The molecule has 3 rings (SSSR count). The van der Waals surface area contributed by atoms with Gasteiger partial charge < -0.3 is 21.5 Å². The van der Waals surface area contributed by atoms with Crippen molar-refractivity contribution >= 4 is 28.3 Å². The van der Waals surface area contributed by atoms with Crippen LogP contribution < -0.4 is 16.4 Å². The number of aliphatic hydroxyl groups is 1. The van der Waals surface area contributed by atoms with Crippen molar-refractivity contribution in [3.05, 3.63) is 82.4 Å². The number of aryl methyl sites for hydroxylation is 1. The quantitative estimate of drug-likeness (QED) is 0.408. The lowest BCUT2D eigenvalue weighted by Gasteiger charge is -2.21. The molecule has 0 spiro atoms. The average Bonchev–Trinajstić information content (AvgIpc) is 3.18. The van der Waals surface area contributed by atoms with Gasteiger partial charge in [0.1, 0.15) is 12.1 Å². The topological polar surface area (TPSA) is 117 Å². The minimum atomic E-state index is -1.25. The van der Waals surface area contributed by atoms with E-state index in [2.05, 4.69) is 15.6 Å². The number of nitrogen functional groups attached to an aromatic ring is 1. The number of anilines is 1. The van der Waals surface area contributed by atoms with Crippen molar-refractivity contribution in [3.8, 4) is 0 Å². The molecule has 0 aliphatic rings. The molecule has 1 heterocycles. The molecule has 0 aliphatic carbocycles. The summed E-state index contributed by atoms with van der Waals surface area (Å²) in [5, 5.41) is 16.3. The minimum Gasteiger partial charge on any atom is -0.383 e. The van der Waals surface area contributed by atoms with Crippen LogP contribution in [0, 0.1) is 6.92 Å². The first-order chi connectivity index (χ1) is 14.9. The zero-order valence-electron chi connectivity index (χ0n) is 17.2. The number of nitrogens with one attached hydrogen (secondary N) is 2. The van der Waals surface area contributed by atoms with Crippen LogP contribution in [0.2, 0.25) is 0 Å². The molecule has 2 aromatic carbocycles. The molecule has 7 nitrogen and oxygen atoms in total. The second-order valence-electron chi connectivity index (χ2n) is 7.28. The fourth-order valence-corrected chi connectivity index (χ4v) is 3.79. The Labute approximate surface area is 185 Å². The highest BCUT2D eigenvalue weighted by Crippen LogP contribution is 2.14. The number of nitrogens with two attached hydrogens (primary N) is 1. The lowest BCUT2D eigenvalue weighted by atomic mass is 10.00. The van der Waals surface area contributed by atoms with E-state index in [1.54, 1.807) is 6.20 Å². The summed E-state index contributed by atoms with van der Waals surface area (Å²) in [5.74, 6) is -0.921. The van der Waals surface area contributed by atoms with Gasteiger partial charge in [-0.3, -0.25) is 9.59 Å². The van der Waals surface area contributed by atoms with Gasteiger partial charge in [-0.05, 0) is 23.6 Å². The summed E-state index contributed by atoms with van der Waals surface area (Å²) >= 11 is 1.29. The summed E-state index contributed by atoms with van der Waals surface area (Å²) in [5.41, 5.74) is 8.45. The Morgan fingerprint density at radius 2 is 1.77 bits per heavy atom. The Kier molecular flexibility index (Phi) is 7.75. The molecule has 0 aliphatic heterocycles. The zero-order valence-corrected chi connectivity index (χ0v) is 18.1. The molecular weight excluding hydrogens is 412 g/mol. The smallest absolute Gasteiger partial charge is 0.249 e. The van der Waals surface area contributed by atoms with Crippen LogP contribution in [-0.2, 0) is 29.0 Å². The van der Waals surface area contributed by atoms with Crippen LogP contribution in [0.3, 0.4) is 0 Å². The Balaban J connectivity index is 1.68. The molecule has 2 atom stereocenters. The summed E-state index contributed by atoms with van der Waals surface area (Å²) in [4.78, 5) is 30.3. The molecule has 0 saturated carbocycles. The Bertz CT molecular complexity index is 1020. The molecule has 2 amide bonds. The van der Waals surface area contributed by atoms with Crippen LogP contribution in [0.25, 0.3) is 0 Å². The summed E-state index contributed by atoms with van der Waals surface area (Å²) in [6.45, 7) is 2.22. The maximum atomic E-state index is 12.9. The van der Waals surface area contributed by atoms with Gasteiger partial charge >= 0.3 is 0 Å². The van der Waals surface area contributed by atoms with E-state index in [1.807, 2.05) is 61.5 Å². The molecule has 0 saturated heterocycles. The maximum absolute atomic E-state index is 12.9. The Hall–Kier alpha value is -3.23. The monoisotopic (exact) mass is 438 g/mol. The SMILES string of the molecule is Cc1ccccc1C[C@H](NC(=O)[C@H](O)Cc1ccccc1)C(=O)NCc1cnc(N)s1. The molecule has 0 radical (unpaired) electrons. The minimum absolute atomic E-state index is 0.172. The van der Waals surface area contributed by atoms with Gasteiger partial charge in [0.15, 0.2) is 5.13 Å². The van der Waals surface area contributed by atoms with Crippen molar-refractivity contribution < 1.29 is 14.7 Å². The van der Waals surface area contributed by atoms with Crippen molar-refractivity contribution in [3.63, 3.8) is 0 Å². The van der Waals surface area contributed by atoms with Gasteiger partial charge in [0.25, 0.3) is 0 Å². The van der Waals surface area contributed by atoms with E-state index in [9.17, 15) is 14.7 Å². The van der Waals surface area contributed by atoms with Crippen molar-refractivity contribution in [1.29, 1.82) is 0 Å². The molecule has 1 aromatic heterocycles. The van der Waals surface area contributed by atoms with Gasteiger partial charge in [0, 0.05) is 23.9 Å². The third-order valence-electron chi connectivity index (χ3n) is 4.90. The first kappa shape index (κ1) is 22.5. The summed E-state index contributed by atoms with van der Waals surface area (Å²) < 4.78 is 0. The molecule has 3 aromatic rings. The predicted octanol–water partition coefficient (Wildman–Crippen LogP) is 1.98. The number of carbonyl (C=O) groups excluding carboxylic acids is 2. The zero-order chi connectivity index (χ0) is 22.2. The van der Waals surface area contributed by atoms with Crippen LogP contribution >= 0.6 is 11.3 Å². The number of aliphatic hydroxyl groups excluding tert-OH is 1. The van der Waals surface area contributed by atoms with Gasteiger partial charge in [-0.25, -0.2) is 4.98 Å². The first-order valence-corrected chi connectivity index (χ1v) is 10.8. The van der Waals surface area contributed by atoms with Crippen LogP contribution in [0.5, 0.6) is 0 Å². The van der Waals surface area contributed by atoms with Crippen molar-refractivity contribution in [1.82, 2.24) is 15.6 Å². The normalized spacial score (nSPS) is 12.7. The number of carbonyl (C=O) groups is 2. The van der Waals surface area contributed by atoms with E-state index in [0.717, 1.165) is 21.6 Å². The van der Waals surface area contributed by atoms with E-state index in [1.165, 1.54) is 11.3 Å². The number of rotatable bonds is 9. The third kappa shape index (κ3) is 6.63. The molecule has 0 unspecified atom stereocenters. The second kappa shape index (κ2) is 10.7. The van der Waals surface area contributed by atoms with Crippen molar-refractivity contribution in [2.75, 3.05) is 5.73 Å². The fourth-order valence-electron chi connectivity index (χ4n) is 3.17. The number of hydrogen-bond donors (Lipinski definition) is 4. The van der Waals surface area contributed by atoms with Gasteiger partial charge in [-0.15, -0.1) is 11.3 Å². The van der Waals surface area contributed by atoms with Crippen LogP contribution in [-0.4, -0.2) is 34.1 Å². The third-order valence-corrected chi connectivity index (χ3v) is 5.73. The molecule has 0 bridgehead atoms. The first-order valence-electron chi connectivity index (χ1n) is 9.97. The predicted molar refractivity (Wildman–Crippen MR) is 121 cm³/mol. The van der Waals surface area contributed by atoms with E-state index in [0.29, 0.717) is 11.6 Å². The summed E-state index contributed by atoms with van der Waals surface area (Å²) in [6, 6.07) is 16.1. The average molecular weight is 439 g/mol. The highest BCUT2D eigenvalue weighted by molar-refractivity contribution is 7.15. The molecule has 162 valence electrons. The van der Waals surface area contributed by atoms with Gasteiger partial charge in [0.2, 0.25) is 11.8 Å². The summed E-state index contributed by atoms with van der Waals surface area (Å²) in [7, 11) is 0. The number of thiazole rings is 1. The highest BCUT2D eigenvalue weighted by Gasteiger charge is 2.25. The van der Waals surface area contributed by atoms with E-state index < -0.39 is 18.1 Å². The molecule has 5 N–H and O–H groups in total. The van der Waals surface area contributed by atoms with Crippen molar-refractivity contribution in [2.24, 2.45) is 0 Å². The number of hydrogen-bond acceptors (Lipinski definition) is 6. The largest absolute Gasteiger partial charge is 0.383 e. The number of amides is 2. The molecule has 31 heavy (non-hydrogen) atoms. The number of nitrogens with zero attached hydrogens (tertiary/aromatic N) is 1. The van der Waals surface area contributed by atoms with Crippen LogP contribution in [0.15, 0.2) is 60.8 Å². The molecule has 8 heteroatoms. The lowest BCUT2D eigenvalue weighted by molar-refractivity contribution is -0.134. The maximum Gasteiger partial charge on any atom is 0.249 e. The second-order valence-corrected chi connectivity index (χ2v) is 8.43. The van der Waals surface area contributed by atoms with Gasteiger partial charge in [-0.1, -0.05) is 54.6 Å². The van der Waals surface area contributed by atoms with Crippen molar-refractivity contribution in [2.45, 2.75) is 38.5 Å². The highest BCUT2D eigenvalue weighted by atomic mass is 32.1. The number of benzene rings is 2. The van der Waals surface area contributed by atoms with Crippen LogP contribution in [0.4, 0.5) is 5.13 Å². The summed E-state index contributed by atoms with van der Waals surface area (Å²) in [6.07, 6.45) is 0.841.